The third-order valence-corrected chi connectivity index (χ3v) is 7.54. The van der Waals surface area contributed by atoms with Crippen LogP contribution in [0.4, 0.5) is 4.79 Å². The van der Waals surface area contributed by atoms with Crippen molar-refractivity contribution >= 4 is 17.9 Å². The summed E-state index contributed by atoms with van der Waals surface area (Å²) in [5.41, 5.74) is 0.981. The summed E-state index contributed by atoms with van der Waals surface area (Å²) in [6, 6.07) is 17.5. The monoisotopic (exact) mass is 533 g/mol. The van der Waals surface area contributed by atoms with Crippen molar-refractivity contribution in [2.24, 2.45) is 5.92 Å². The van der Waals surface area contributed by atoms with Crippen LogP contribution >= 0.6 is 0 Å². The van der Waals surface area contributed by atoms with Crippen LogP contribution in [0.3, 0.4) is 0 Å². The van der Waals surface area contributed by atoms with Crippen LogP contribution in [0, 0.1) is 5.92 Å². The summed E-state index contributed by atoms with van der Waals surface area (Å²) < 4.78 is 5.53. The Morgan fingerprint density at radius 2 is 1.54 bits per heavy atom. The van der Waals surface area contributed by atoms with E-state index in [2.05, 4.69) is 17.6 Å². The number of alkyl carbamates (subject to hydrolysis) is 1. The number of carbonyl (C=O) groups excluding carboxylic acids is 3. The predicted octanol–water partition coefficient (Wildman–Crippen LogP) is 5.55. The van der Waals surface area contributed by atoms with E-state index in [-0.39, 0.29) is 29.8 Å². The molecule has 2 fully saturated rings. The van der Waals surface area contributed by atoms with Gasteiger partial charge < -0.3 is 20.3 Å². The topological polar surface area (TPSA) is 87.7 Å². The molecule has 7 nitrogen and oxygen atoms in total. The Bertz CT molecular complexity index is 1110. The van der Waals surface area contributed by atoms with Gasteiger partial charge in [0.2, 0.25) is 11.8 Å². The molecular formula is C32H43N3O4. The molecule has 0 aliphatic heterocycles. The normalized spacial score (nSPS) is 20.8. The summed E-state index contributed by atoms with van der Waals surface area (Å²) in [5, 5.41) is 6.11. The van der Waals surface area contributed by atoms with E-state index in [1.807, 2.05) is 60.7 Å². The molecule has 4 atom stereocenters. The summed E-state index contributed by atoms with van der Waals surface area (Å²) in [6.07, 6.45) is 5.76. The molecule has 0 radical (unpaired) electrons. The zero-order chi connectivity index (χ0) is 28.0. The third-order valence-electron chi connectivity index (χ3n) is 7.54. The molecule has 0 spiro atoms. The molecule has 4 unspecified atom stereocenters. The Labute approximate surface area is 232 Å². The Balaban J connectivity index is 1.67. The van der Waals surface area contributed by atoms with Crippen LogP contribution in [0.5, 0.6) is 0 Å². The lowest BCUT2D eigenvalue weighted by molar-refractivity contribution is -0.143. The fourth-order valence-electron chi connectivity index (χ4n) is 5.45. The van der Waals surface area contributed by atoms with Crippen molar-refractivity contribution in [1.82, 2.24) is 15.5 Å². The van der Waals surface area contributed by atoms with Gasteiger partial charge in [-0.2, -0.15) is 0 Å². The first kappa shape index (κ1) is 28.7. The van der Waals surface area contributed by atoms with Crippen LogP contribution in [-0.4, -0.2) is 46.5 Å². The summed E-state index contributed by atoms with van der Waals surface area (Å²) in [4.78, 5) is 43.1. The molecule has 2 aromatic rings. The number of carbonyl (C=O) groups is 3. The average molecular weight is 534 g/mol. The average Bonchev–Trinajstić information content (AvgIpc) is 3.62. The summed E-state index contributed by atoms with van der Waals surface area (Å²) in [6.45, 7) is 7.47. The fourth-order valence-corrected chi connectivity index (χ4v) is 5.45. The van der Waals surface area contributed by atoms with Gasteiger partial charge in [-0.25, -0.2) is 4.79 Å². The number of rotatable bonds is 9. The van der Waals surface area contributed by atoms with E-state index in [0.29, 0.717) is 6.42 Å². The van der Waals surface area contributed by atoms with Gasteiger partial charge in [-0.1, -0.05) is 86.8 Å². The Morgan fingerprint density at radius 1 is 0.949 bits per heavy atom. The number of ether oxygens (including phenoxy) is 1. The van der Waals surface area contributed by atoms with Crippen LogP contribution in [0.2, 0.25) is 0 Å². The first-order valence-electron chi connectivity index (χ1n) is 14.3. The SMILES string of the molecule is CC1CC1N(C(=O)C(Cc1ccccc1)NC(=O)OC(C)(C)C)C(C(=O)NC1CCCCC1)c1ccccc1. The molecule has 0 saturated heterocycles. The van der Waals surface area contributed by atoms with Gasteiger partial charge >= 0.3 is 6.09 Å². The number of nitrogens with zero attached hydrogens (tertiary/aromatic N) is 1. The van der Waals surface area contributed by atoms with Gasteiger partial charge in [0.05, 0.1) is 0 Å². The molecule has 7 heteroatoms. The van der Waals surface area contributed by atoms with Crippen molar-refractivity contribution in [1.29, 1.82) is 0 Å². The molecule has 39 heavy (non-hydrogen) atoms. The van der Waals surface area contributed by atoms with E-state index in [9.17, 15) is 14.4 Å². The molecule has 3 amide bonds. The largest absolute Gasteiger partial charge is 0.444 e. The number of benzene rings is 2. The van der Waals surface area contributed by atoms with Crippen LogP contribution in [0.15, 0.2) is 60.7 Å². The second kappa shape index (κ2) is 12.7. The molecule has 0 bridgehead atoms. The highest BCUT2D eigenvalue weighted by Crippen LogP contribution is 2.41. The van der Waals surface area contributed by atoms with Gasteiger partial charge in [0, 0.05) is 18.5 Å². The molecule has 0 heterocycles. The lowest BCUT2D eigenvalue weighted by Crippen LogP contribution is -2.55. The van der Waals surface area contributed by atoms with Crippen molar-refractivity contribution in [2.45, 2.75) is 102 Å². The smallest absolute Gasteiger partial charge is 0.408 e. The molecule has 2 aliphatic carbocycles. The highest BCUT2D eigenvalue weighted by atomic mass is 16.6. The number of nitrogens with one attached hydrogen (secondary N) is 2. The van der Waals surface area contributed by atoms with Gasteiger partial charge in [-0.05, 0) is 57.1 Å². The van der Waals surface area contributed by atoms with Crippen molar-refractivity contribution in [3.63, 3.8) is 0 Å². The minimum Gasteiger partial charge on any atom is -0.444 e. The molecule has 2 N–H and O–H groups in total. The van der Waals surface area contributed by atoms with E-state index < -0.39 is 23.8 Å². The molecule has 2 saturated carbocycles. The van der Waals surface area contributed by atoms with E-state index in [0.717, 1.165) is 43.2 Å². The van der Waals surface area contributed by atoms with Crippen LogP contribution in [0.1, 0.15) is 83.4 Å². The first-order chi connectivity index (χ1) is 18.6. The van der Waals surface area contributed by atoms with Gasteiger partial charge in [0.25, 0.3) is 0 Å². The van der Waals surface area contributed by atoms with Gasteiger partial charge in [0.15, 0.2) is 0 Å². The number of hydrogen-bond donors (Lipinski definition) is 2. The fraction of sp³-hybridized carbons (Fsp3) is 0.531. The standard InChI is InChI=1S/C32H43N3O4/c1-22-20-27(22)35(28(24-16-10-6-11-17-24)29(36)33-25-18-12-7-13-19-25)30(37)26(21-23-14-8-5-9-15-23)34-31(38)39-32(2,3)4/h5-6,8-11,14-17,22,25-28H,7,12-13,18-21H2,1-4H3,(H,33,36)(H,34,38). The van der Waals surface area contributed by atoms with Gasteiger partial charge in [-0.3, -0.25) is 9.59 Å². The molecular weight excluding hydrogens is 490 g/mol. The lowest BCUT2D eigenvalue weighted by Gasteiger charge is -2.36. The predicted molar refractivity (Wildman–Crippen MR) is 152 cm³/mol. The first-order valence-corrected chi connectivity index (χ1v) is 14.3. The van der Waals surface area contributed by atoms with Crippen molar-refractivity contribution in [3.8, 4) is 0 Å². The quantitative estimate of drug-likeness (QED) is 0.442. The molecule has 0 aromatic heterocycles. The van der Waals surface area contributed by atoms with Crippen LogP contribution < -0.4 is 10.6 Å². The summed E-state index contributed by atoms with van der Waals surface area (Å²) in [7, 11) is 0. The second-order valence-electron chi connectivity index (χ2n) is 12.1. The summed E-state index contributed by atoms with van der Waals surface area (Å²) >= 11 is 0. The summed E-state index contributed by atoms with van der Waals surface area (Å²) in [5.74, 6) is -0.162. The van der Waals surface area contributed by atoms with Crippen molar-refractivity contribution in [2.75, 3.05) is 0 Å². The zero-order valence-electron chi connectivity index (χ0n) is 23.7. The second-order valence-corrected chi connectivity index (χ2v) is 12.1. The Hall–Kier alpha value is -3.35. The molecule has 210 valence electrons. The highest BCUT2D eigenvalue weighted by molar-refractivity contribution is 5.93. The molecule has 2 aliphatic rings. The minimum atomic E-state index is -0.885. The van der Waals surface area contributed by atoms with E-state index >= 15 is 0 Å². The number of amides is 3. The zero-order valence-corrected chi connectivity index (χ0v) is 23.7. The maximum atomic E-state index is 14.5. The third kappa shape index (κ3) is 8.07. The Kier molecular flexibility index (Phi) is 9.31. The van der Waals surface area contributed by atoms with E-state index in [1.54, 1.807) is 25.7 Å². The maximum Gasteiger partial charge on any atom is 0.408 e. The molecule has 2 aromatic carbocycles. The van der Waals surface area contributed by atoms with Gasteiger partial charge in [-0.15, -0.1) is 0 Å². The maximum absolute atomic E-state index is 14.5. The minimum absolute atomic E-state index is 0.0847. The van der Waals surface area contributed by atoms with Crippen LogP contribution in [0.25, 0.3) is 0 Å². The van der Waals surface area contributed by atoms with Crippen molar-refractivity contribution in [3.05, 3.63) is 71.8 Å². The van der Waals surface area contributed by atoms with Gasteiger partial charge in [0.1, 0.15) is 17.7 Å². The Morgan fingerprint density at radius 3 is 2.10 bits per heavy atom. The van der Waals surface area contributed by atoms with E-state index in [1.165, 1.54) is 6.42 Å². The van der Waals surface area contributed by atoms with Crippen LogP contribution in [-0.2, 0) is 20.7 Å². The van der Waals surface area contributed by atoms with Crippen molar-refractivity contribution < 1.29 is 19.1 Å². The molecule has 4 rings (SSSR count). The highest BCUT2D eigenvalue weighted by Gasteiger charge is 2.48. The number of hydrogen-bond acceptors (Lipinski definition) is 4. The van der Waals surface area contributed by atoms with E-state index in [4.69, 9.17) is 4.74 Å². The lowest BCUT2D eigenvalue weighted by atomic mass is 9.94.